The number of hydrogen-bond acceptors (Lipinski definition) is 1. The average Bonchev–Trinajstić information content (AvgIpc) is 1.93. The molecule has 1 heterocycles. The van der Waals surface area contributed by atoms with E-state index in [4.69, 9.17) is 0 Å². The molecular weight excluding hydrogens is 523 g/mol. The zero-order chi connectivity index (χ0) is 6.95. The second-order valence-corrected chi connectivity index (χ2v) is 17.7. The van der Waals surface area contributed by atoms with Crippen molar-refractivity contribution >= 4 is 38.7 Å². The summed E-state index contributed by atoms with van der Waals surface area (Å²) in [7, 11) is 0. The van der Waals surface area contributed by atoms with E-state index in [2.05, 4.69) is 43.7 Å². The number of rotatable bonds is 0. The number of pyridine rings is 1. The van der Waals surface area contributed by atoms with Crippen molar-refractivity contribution < 1.29 is 11.2 Å². The van der Waals surface area contributed by atoms with Gasteiger partial charge in [0.15, 0.2) is 0 Å². The van der Waals surface area contributed by atoms with Gasteiger partial charge < -0.3 is 0 Å². The molecule has 0 aliphatic heterocycles. The predicted molar refractivity (Wildman–Crippen MR) is 52.3 cm³/mol. The Kier molecular flexibility index (Phi) is 10.6. The molecule has 0 unspecified atom stereocenters. The second-order valence-electron chi connectivity index (χ2n) is 1.07. The summed E-state index contributed by atoms with van der Waals surface area (Å²) in [6, 6.07) is 5.72. The van der Waals surface area contributed by atoms with Crippen molar-refractivity contribution in [1.29, 1.82) is 0 Å². The van der Waals surface area contributed by atoms with Gasteiger partial charge in [0.25, 0.3) is 0 Å². The molecule has 0 saturated heterocycles. The minimum atomic E-state index is 0.523. The van der Waals surface area contributed by atoms with Gasteiger partial charge in [-0.15, -0.1) is 0 Å². The minimum absolute atomic E-state index is 0.523. The standard InChI is InChI=1S/C5H5N.2HI.Pt/c1-2-4-6-5-3-1;;;/h1-5H;2*1H;/q;;;+2/p-2. The largest absolute Gasteiger partial charge is 0.265 e. The van der Waals surface area contributed by atoms with Crippen molar-refractivity contribution in [1.82, 2.24) is 4.98 Å². The Morgan fingerprint density at radius 2 is 1.44 bits per heavy atom. The topological polar surface area (TPSA) is 12.9 Å². The fourth-order valence-corrected chi connectivity index (χ4v) is 0.313. The number of aromatic nitrogens is 1. The molecule has 1 aromatic heterocycles. The molecule has 4 heteroatoms. The Bertz CT molecular complexity index is 97.8. The van der Waals surface area contributed by atoms with Crippen LogP contribution in [0.1, 0.15) is 0 Å². The molecule has 1 rings (SSSR count). The summed E-state index contributed by atoms with van der Waals surface area (Å²) in [5, 5.41) is 0. The first-order valence-electron chi connectivity index (χ1n) is 2.09. The van der Waals surface area contributed by atoms with Gasteiger partial charge in [0, 0.05) is 12.4 Å². The molecule has 1 nitrogen and oxygen atoms in total. The Morgan fingerprint density at radius 1 is 1.00 bits per heavy atom. The van der Waals surface area contributed by atoms with Gasteiger partial charge in [-0.2, -0.15) is 0 Å². The molecule has 0 fully saturated rings. The van der Waals surface area contributed by atoms with Crippen molar-refractivity contribution in [2.45, 2.75) is 0 Å². The van der Waals surface area contributed by atoms with E-state index in [1.165, 1.54) is 0 Å². The maximum atomic E-state index is 3.78. The van der Waals surface area contributed by atoms with Crippen LogP contribution in [-0.2, 0) is 11.2 Å². The van der Waals surface area contributed by atoms with E-state index >= 15 is 0 Å². The van der Waals surface area contributed by atoms with E-state index in [9.17, 15) is 0 Å². The van der Waals surface area contributed by atoms with Crippen molar-refractivity contribution in [3.8, 4) is 0 Å². The van der Waals surface area contributed by atoms with Crippen LogP contribution >= 0.6 is 38.7 Å². The van der Waals surface area contributed by atoms with E-state index in [0.29, 0.717) is 11.2 Å². The summed E-state index contributed by atoms with van der Waals surface area (Å²) in [4.78, 5) is 3.78. The molecule has 0 saturated carbocycles. The predicted octanol–water partition coefficient (Wildman–Crippen LogP) is 2.85. The van der Waals surface area contributed by atoms with Crippen LogP contribution in [-0.4, -0.2) is 4.98 Å². The molecule has 0 aliphatic rings. The first kappa shape index (κ1) is 10.3. The monoisotopic (exact) mass is 528 g/mol. The fraction of sp³-hybridized carbons (Fsp3) is 0. The summed E-state index contributed by atoms with van der Waals surface area (Å²) in [5.41, 5.74) is 0. The molecule has 0 radical (unpaired) electrons. The van der Waals surface area contributed by atoms with Gasteiger partial charge in [0.2, 0.25) is 0 Å². The molecule has 0 bridgehead atoms. The molecule has 0 N–H and O–H groups in total. The average molecular weight is 528 g/mol. The van der Waals surface area contributed by atoms with Crippen LogP contribution in [0, 0.1) is 0 Å². The van der Waals surface area contributed by atoms with Crippen LogP contribution in [0.25, 0.3) is 0 Å². The summed E-state index contributed by atoms with van der Waals surface area (Å²) in [5.74, 6) is 0. The SMILES string of the molecule is [I][Pt][I].c1ccncc1. The minimum Gasteiger partial charge on any atom is -0.265 e. The van der Waals surface area contributed by atoms with Crippen LogP contribution in [0.2, 0.25) is 0 Å². The van der Waals surface area contributed by atoms with E-state index in [1.54, 1.807) is 12.4 Å². The number of nitrogens with zero attached hydrogens (tertiary/aromatic N) is 1. The molecular formula is C5H5I2NPt. The van der Waals surface area contributed by atoms with Gasteiger partial charge in [0.05, 0.1) is 0 Å². The van der Waals surface area contributed by atoms with E-state index in [1.807, 2.05) is 18.2 Å². The normalized spacial score (nSPS) is 7.78. The van der Waals surface area contributed by atoms with Gasteiger partial charge in [-0.05, 0) is 12.1 Å². The van der Waals surface area contributed by atoms with Gasteiger partial charge in [0.1, 0.15) is 0 Å². The Morgan fingerprint density at radius 3 is 1.56 bits per heavy atom. The molecule has 54 valence electrons. The van der Waals surface area contributed by atoms with Crippen molar-refractivity contribution in [2.24, 2.45) is 0 Å². The van der Waals surface area contributed by atoms with Gasteiger partial charge in [-0.3, -0.25) is 4.98 Å². The summed E-state index contributed by atoms with van der Waals surface area (Å²) < 4.78 is 0. The van der Waals surface area contributed by atoms with Crippen LogP contribution in [0.15, 0.2) is 30.6 Å². The molecule has 1 aromatic rings. The van der Waals surface area contributed by atoms with E-state index in [-0.39, 0.29) is 0 Å². The molecule has 0 aromatic carbocycles. The van der Waals surface area contributed by atoms with E-state index < -0.39 is 0 Å². The van der Waals surface area contributed by atoms with Crippen LogP contribution in [0.5, 0.6) is 0 Å². The van der Waals surface area contributed by atoms with Crippen molar-refractivity contribution in [3.05, 3.63) is 30.6 Å². The quantitative estimate of drug-likeness (QED) is 0.473. The zero-order valence-electron chi connectivity index (χ0n) is 4.41. The molecule has 0 atom stereocenters. The third-order valence-electron chi connectivity index (χ3n) is 0.566. The first-order valence-corrected chi connectivity index (χ1v) is 15.0. The van der Waals surface area contributed by atoms with Gasteiger partial charge in [-0.25, -0.2) is 0 Å². The van der Waals surface area contributed by atoms with E-state index in [0.717, 1.165) is 0 Å². The van der Waals surface area contributed by atoms with Gasteiger partial charge >= 0.3 is 49.9 Å². The smallest absolute Gasteiger partial charge is 0.0267 e. The molecule has 0 aliphatic carbocycles. The molecule has 0 amide bonds. The summed E-state index contributed by atoms with van der Waals surface area (Å²) in [6.45, 7) is 0. The van der Waals surface area contributed by atoms with Crippen LogP contribution < -0.4 is 0 Å². The fourth-order valence-electron chi connectivity index (χ4n) is 0.313. The van der Waals surface area contributed by atoms with Crippen LogP contribution in [0.3, 0.4) is 0 Å². The van der Waals surface area contributed by atoms with Gasteiger partial charge in [-0.1, -0.05) is 6.07 Å². The third kappa shape index (κ3) is 9.30. The summed E-state index contributed by atoms with van der Waals surface area (Å²) in [6.07, 6.45) is 3.50. The van der Waals surface area contributed by atoms with Crippen molar-refractivity contribution in [3.63, 3.8) is 0 Å². The molecule has 9 heavy (non-hydrogen) atoms. The van der Waals surface area contributed by atoms with Crippen molar-refractivity contribution in [2.75, 3.05) is 0 Å². The second kappa shape index (κ2) is 9.30. The Hall–Kier alpha value is 1.30. The Labute approximate surface area is 84.2 Å². The number of hydrogen-bond donors (Lipinski definition) is 0. The maximum Gasteiger partial charge on any atom is 0.0267 e. The summed E-state index contributed by atoms with van der Waals surface area (Å²) >= 11 is 5.30. The van der Waals surface area contributed by atoms with Crippen LogP contribution in [0.4, 0.5) is 0 Å². The number of halogens is 2. The molecule has 0 spiro atoms. The maximum absolute atomic E-state index is 3.78. The first-order chi connectivity index (χ1) is 4.41. The Balaban J connectivity index is 0.000000187. The third-order valence-corrected chi connectivity index (χ3v) is 0.566. The zero-order valence-corrected chi connectivity index (χ0v) is 11.0.